The lowest BCUT2D eigenvalue weighted by Crippen LogP contribution is -2.27. The average Bonchev–Trinajstić information content (AvgIpc) is 2.79. The van der Waals surface area contributed by atoms with Crippen molar-refractivity contribution in [1.29, 1.82) is 0 Å². The van der Waals surface area contributed by atoms with Crippen LogP contribution in [0.1, 0.15) is 0 Å². The molecule has 0 radical (unpaired) electrons. The number of carbonyl (C=O) groups is 1. The molecule has 11 heteroatoms. The Morgan fingerprint density at radius 2 is 1.66 bits per heavy atom. The van der Waals surface area contributed by atoms with Gasteiger partial charge in [-0.3, -0.25) is 13.3 Å². The van der Waals surface area contributed by atoms with Crippen molar-refractivity contribution in [2.45, 2.75) is 0 Å². The first-order chi connectivity index (χ1) is 16.8. The number of fused-ring (bicyclic) bond motifs is 1. The molecule has 1 atom stereocenters. The minimum atomic E-state index is -2.76. The number of amides is 1. The van der Waals surface area contributed by atoms with Crippen LogP contribution in [0.5, 0.6) is 0 Å². The number of likely N-dealkylation sites (N-methyl/N-ethyl adjacent to an activating group) is 1. The number of nitrogens with one attached hydrogen (secondary N) is 2. The molecule has 0 aliphatic heterocycles. The molecule has 0 aliphatic rings. The van der Waals surface area contributed by atoms with Gasteiger partial charge in [-0.1, -0.05) is 35.9 Å². The summed E-state index contributed by atoms with van der Waals surface area (Å²) in [5.41, 5.74) is 2.44. The highest BCUT2D eigenvalue weighted by molar-refractivity contribution is 7.81. The number of carbonyl (C=O) groups excluding carboxylic acids is 1. The van der Waals surface area contributed by atoms with Crippen molar-refractivity contribution in [2.75, 3.05) is 35.6 Å². The van der Waals surface area contributed by atoms with Gasteiger partial charge >= 0.3 is 0 Å². The molecule has 0 aliphatic carbocycles. The summed E-state index contributed by atoms with van der Waals surface area (Å²) in [6.07, 6.45) is 0. The lowest BCUT2D eigenvalue weighted by Gasteiger charge is -2.27. The van der Waals surface area contributed by atoms with Gasteiger partial charge in [0.05, 0.1) is 34.5 Å². The maximum Gasteiger partial charge on any atom is 0.238 e. The molecule has 0 fully saturated rings. The third-order valence-corrected chi connectivity index (χ3v) is 5.72. The molecule has 3 aromatic carbocycles. The van der Waals surface area contributed by atoms with Gasteiger partial charge in [-0.05, 0) is 62.6 Å². The van der Waals surface area contributed by atoms with Gasteiger partial charge in [0.25, 0.3) is 0 Å². The highest BCUT2D eigenvalue weighted by atomic mass is 35.5. The Labute approximate surface area is 210 Å². The van der Waals surface area contributed by atoms with Gasteiger partial charge in [0.1, 0.15) is 0 Å². The van der Waals surface area contributed by atoms with E-state index >= 15 is 0 Å². The molecule has 1 heterocycles. The van der Waals surface area contributed by atoms with E-state index in [-0.39, 0.29) is 29.8 Å². The molecule has 4 aromatic rings. The van der Waals surface area contributed by atoms with Crippen LogP contribution in [-0.4, -0.2) is 50.2 Å². The van der Waals surface area contributed by atoms with E-state index < -0.39 is 11.3 Å². The van der Waals surface area contributed by atoms with Gasteiger partial charge in [-0.15, -0.1) is 0 Å². The first-order valence-electron chi connectivity index (χ1n) is 10.5. The number of aromatic nitrogens is 2. The second-order valence-electron chi connectivity index (χ2n) is 7.87. The third-order valence-electron chi connectivity index (χ3n) is 4.81. The predicted molar refractivity (Wildman–Crippen MR) is 139 cm³/mol. The lowest BCUT2D eigenvalue weighted by atomic mass is 10.2. The first-order valence-corrected chi connectivity index (χ1v) is 11.9. The van der Waals surface area contributed by atoms with Crippen molar-refractivity contribution >= 4 is 68.5 Å². The number of anilines is 5. The molecule has 0 saturated carbocycles. The Kier molecular flexibility index (Phi) is 7.57. The zero-order valence-electron chi connectivity index (χ0n) is 18.9. The summed E-state index contributed by atoms with van der Waals surface area (Å²) >= 11 is 3.37. The number of benzene rings is 3. The number of rotatable bonds is 8. The van der Waals surface area contributed by atoms with Gasteiger partial charge in [0.15, 0.2) is 11.6 Å². The van der Waals surface area contributed by atoms with E-state index in [9.17, 15) is 13.6 Å². The quantitative estimate of drug-likeness (QED) is 0.337. The number of nitrogens with zero attached hydrogens (tertiary/aromatic N) is 4. The standard InChI is InChI=1S/C24H23ClN6O3S/c1-30(2)15-22(32)26-18-9-6-10-19(14-18)31(35(33)34)24-23(27-17-8-5-7-16(25)13-17)28-20-11-3-4-12-21(20)29-24/h3-14H,15H2,1-2H3,(H,26,32)(H,27,28)(H,33,34)/p-1. The molecule has 4 rings (SSSR count). The highest BCUT2D eigenvalue weighted by Gasteiger charge is 2.20. The summed E-state index contributed by atoms with van der Waals surface area (Å²) in [6, 6.07) is 20.6. The molecular formula is C24H22ClN6O3S-. The zero-order valence-corrected chi connectivity index (χ0v) is 20.5. The SMILES string of the molecule is CN(C)CC(=O)Nc1cccc(N(c2nc3ccccc3nc2Nc2cccc(Cl)c2)S(=O)[O-])c1. The molecule has 9 nitrogen and oxygen atoms in total. The number of hydrogen-bond acceptors (Lipinski definition) is 7. The summed E-state index contributed by atoms with van der Waals surface area (Å²) < 4.78 is 26.0. The number of para-hydroxylation sites is 2. The second-order valence-corrected chi connectivity index (χ2v) is 9.10. The van der Waals surface area contributed by atoms with Crippen LogP contribution in [0, 0.1) is 0 Å². The molecule has 0 saturated heterocycles. The van der Waals surface area contributed by atoms with Crippen molar-refractivity contribution in [3.8, 4) is 0 Å². The van der Waals surface area contributed by atoms with E-state index in [1.54, 1.807) is 85.7 Å². The summed E-state index contributed by atoms with van der Waals surface area (Å²) in [6.45, 7) is 0.186. The van der Waals surface area contributed by atoms with E-state index in [1.165, 1.54) is 0 Å². The van der Waals surface area contributed by atoms with Crippen LogP contribution in [0.4, 0.5) is 28.7 Å². The number of hydrogen-bond donors (Lipinski definition) is 2. The maximum atomic E-state index is 12.5. The lowest BCUT2D eigenvalue weighted by molar-refractivity contribution is -0.116. The minimum absolute atomic E-state index is 0.0637. The van der Waals surface area contributed by atoms with Crippen molar-refractivity contribution < 1.29 is 13.6 Å². The Hall–Kier alpha value is -3.57. The van der Waals surface area contributed by atoms with Crippen LogP contribution in [0.3, 0.4) is 0 Å². The van der Waals surface area contributed by atoms with Crippen LogP contribution in [0.15, 0.2) is 72.8 Å². The fraction of sp³-hybridized carbons (Fsp3) is 0.125. The summed E-state index contributed by atoms with van der Waals surface area (Å²) in [7, 11) is 3.57. The Morgan fingerprint density at radius 1 is 0.971 bits per heavy atom. The molecule has 1 unspecified atom stereocenters. The second kappa shape index (κ2) is 10.8. The molecule has 180 valence electrons. The van der Waals surface area contributed by atoms with Crippen LogP contribution < -0.4 is 14.9 Å². The van der Waals surface area contributed by atoms with Crippen molar-refractivity contribution in [1.82, 2.24) is 14.9 Å². The molecule has 2 N–H and O–H groups in total. The van der Waals surface area contributed by atoms with Crippen LogP contribution in [0.2, 0.25) is 5.02 Å². The van der Waals surface area contributed by atoms with Crippen molar-refractivity contribution in [2.24, 2.45) is 0 Å². The zero-order chi connectivity index (χ0) is 24.9. The van der Waals surface area contributed by atoms with Crippen LogP contribution in [0.25, 0.3) is 11.0 Å². The topological polar surface area (TPSA) is 114 Å². The van der Waals surface area contributed by atoms with E-state index in [4.69, 9.17) is 11.6 Å². The average molecular weight is 510 g/mol. The van der Waals surface area contributed by atoms with E-state index in [2.05, 4.69) is 20.6 Å². The smallest absolute Gasteiger partial charge is 0.238 e. The molecule has 1 amide bonds. The highest BCUT2D eigenvalue weighted by Crippen LogP contribution is 2.35. The predicted octanol–water partition coefficient (Wildman–Crippen LogP) is 4.46. The Bertz CT molecular complexity index is 1400. The summed E-state index contributed by atoms with van der Waals surface area (Å²) in [4.78, 5) is 23.2. The molecule has 35 heavy (non-hydrogen) atoms. The monoisotopic (exact) mass is 509 g/mol. The van der Waals surface area contributed by atoms with E-state index in [0.717, 1.165) is 4.31 Å². The van der Waals surface area contributed by atoms with E-state index in [0.29, 0.717) is 27.4 Å². The fourth-order valence-electron chi connectivity index (χ4n) is 3.40. The minimum Gasteiger partial charge on any atom is -0.755 e. The van der Waals surface area contributed by atoms with Crippen LogP contribution in [-0.2, 0) is 16.1 Å². The van der Waals surface area contributed by atoms with Gasteiger partial charge < -0.3 is 20.1 Å². The maximum absolute atomic E-state index is 12.5. The van der Waals surface area contributed by atoms with E-state index in [1.807, 2.05) is 6.07 Å². The van der Waals surface area contributed by atoms with Crippen LogP contribution >= 0.6 is 11.6 Å². The fourth-order valence-corrected chi connectivity index (χ4v) is 4.14. The molecule has 1 aromatic heterocycles. The number of halogens is 1. The summed E-state index contributed by atoms with van der Waals surface area (Å²) in [5, 5.41) is 6.42. The molecule has 0 bridgehead atoms. The van der Waals surface area contributed by atoms with Gasteiger partial charge in [-0.2, -0.15) is 0 Å². The van der Waals surface area contributed by atoms with Crippen molar-refractivity contribution in [3.63, 3.8) is 0 Å². The molecular weight excluding hydrogens is 488 g/mol. The van der Waals surface area contributed by atoms with Gasteiger partial charge in [-0.25, -0.2) is 9.97 Å². The third kappa shape index (κ3) is 6.11. The molecule has 0 spiro atoms. The van der Waals surface area contributed by atoms with Gasteiger partial charge in [0.2, 0.25) is 5.91 Å². The normalized spacial score (nSPS) is 11.9. The first kappa shape index (κ1) is 24.6. The Balaban J connectivity index is 1.79. The largest absolute Gasteiger partial charge is 0.755 e. The van der Waals surface area contributed by atoms with Crippen molar-refractivity contribution in [3.05, 3.63) is 77.8 Å². The van der Waals surface area contributed by atoms with Gasteiger partial charge in [0, 0.05) is 16.4 Å². The Morgan fingerprint density at radius 3 is 2.34 bits per heavy atom. The summed E-state index contributed by atoms with van der Waals surface area (Å²) in [5.74, 6) is 0.0572.